The summed E-state index contributed by atoms with van der Waals surface area (Å²) >= 11 is 0. The molecule has 1 fully saturated rings. The largest absolute Gasteiger partial charge is 0.483 e. The summed E-state index contributed by atoms with van der Waals surface area (Å²) in [6.45, 7) is -0.0855. The smallest absolute Gasteiger partial charge is 0.360 e. The lowest BCUT2D eigenvalue weighted by Crippen LogP contribution is -2.45. The lowest BCUT2D eigenvalue weighted by atomic mass is 9.90. The van der Waals surface area contributed by atoms with E-state index in [0.29, 0.717) is 5.75 Å². The van der Waals surface area contributed by atoms with Gasteiger partial charge in [-0.05, 0) is 24.5 Å². The first-order chi connectivity index (χ1) is 15.7. The van der Waals surface area contributed by atoms with Crippen molar-refractivity contribution in [1.29, 1.82) is 0 Å². The standard InChI is InChI=1S/C24H26N4O4/c1-31-24(30)20-15-28(27-26-20)21-13-7-6-12-19(21)25-23(29)16-32-22-14-8-5-11-18(22)17-9-3-2-4-10-17/h2-5,8-11,14-15,19,21H,6-7,12-13,16H2,1H3,(H,25,29)/t19-,21-/m0/s1. The summed E-state index contributed by atoms with van der Waals surface area (Å²) in [5.41, 5.74) is 2.13. The number of rotatable bonds is 7. The third kappa shape index (κ3) is 4.96. The zero-order valence-electron chi connectivity index (χ0n) is 17.9. The highest BCUT2D eigenvalue weighted by molar-refractivity contribution is 5.86. The van der Waals surface area contributed by atoms with Gasteiger partial charge in [0.05, 0.1) is 25.4 Å². The van der Waals surface area contributed by atoms with Gasteiger partial charge >= 0.3 is 5.97 Å². The molecule has 166 valence electrons. The van der Waals surface area contributed by atoms with Crippen LogP contribution in [-0.4, -0.2) is 46.6 Å². The molecule has 0 radical (unpaired) electrons. The molecule has 8 nitrogen and oxygen atoms in total. The third-order valence-corrected chi connectivity index (χ3v) is 5.65. The zero-order chi connectivity index (χ0) is 22.3. The molecule has 0 saturated heterocycles. The predicted octanol–water partition coefficient (Wildman–Crippen LogP) is 3.41. The minimum atomic E-state index is -0.530. The van der Waals surface area contributed by atoms with Gasteiger partial charge in [0.2, 0.25) is 0 Å². The molecule has 1 aromatic heterocycles. The van der Waals surface area contributed by atoms with Gasteiger partial charge < -0.3 is 14.8 Å². The highest BCUT2D eigenvalue weighted by atomic mass is 16.5. The van der Waals surface area contributed by atoms with E-state index in [9.17, 15) is 9.59 Å². The van der Waals surface area contributed by atoms with Crippen LogP contribution in [-0.2, 0) is 9.53 Å². The molecule has 2 atom stereocenters. The molecule has 1 amide bonds. The first kappa shape index (κ1) is 21.5. The number of methoxy groups -OCH3 is 1. The first-order valence-electron chi connectivity index (χ1n) is 10.7. The fraction of sp³-hybridized carbons (Fsp3) is 0.333. The molecule has 4 rings (SSSR count). The summed E-state index contributed by atoms with van der Waals surface area (Å²) in [5, 5.41) is 11.1. The minimum Gasteiger partial charge on any atom is -0.483 e. The average Bonchev–Trinajstić information content (AvgIpc) is 3.33. The van der Waals surface area contributed by atoms with E-state index >= 15 is 0 Å². The Balaban J connectivity index is 1.40. The average molecular weight is 434 g/mol. The normalized spacial score (nSPS) is 18.0. The summed E-state index contributed by atoms with van der Waals surface area (Å²) in [5.74, 6) is -0.0655. The number of nitrogens with one attached hydrogen (secondary N) is 1. The van der Waals surface area contributed by atoms with Gasteiger partial charge in [-0.25, -0.2) is 9.48 Å². The van der Waals surface area contributed by atoms with Crippen molar-refractivity contribution in [3.8, 4) is 16.9 Å². The number of ether oxygens (including phenoxy) is 2. The van der Waals surface area contributed by atoms with Crippen molar-refractivity contribution >= 4 is 11.9 Å². The minimum absolute atomic E-state index is 0.0739. The second kappa shape index (κ2) is 10.1. The number of esters is 1. The fourth-order valence-electron chi connectivity index (χ4n) is 4.07. The lowest BCUT2D eigenvalue weighted by Gasteiger charge is -2.31. The number of hydrogen-bond donors (Lipinski definition) is 1. The number of carbonyl (C=O) groups excluding carboxylic acids is 2. The molecule has 0 spiro atoms. The van der Waals surface area contributed by atoms with E-state index in [0.717, 1.165) is 36.8 Å². The Morgan fingerprint density at radius 3 is 2.62 bits per heavy atom. The molecule has 2 aromatic carbocycles. The third-order valence-electron chi connectivity index (χ3n) is 5.65. The molecule has 0 bridgehead atoms. The predicted molar refractivity (Wildman–Crippen MR) is 118 cm³/mol. The van der Waals surface area contributed by atoms with E-state index in [1.807, 2.05) is 54.6 Å². The number of hydrogen-bond acceptors (Lipinski definition) is 6. The Hall–Kier alpha value is -3.68. The molecule has 0 unspecified atom stereocenters. The van der Waals surface area contributed by atoms with Crippen LogP contribution in [0, 0.1) is 0 Å². The van der Waals surface area contributed by atoms with Crippen LogP contribution < -0.4 is 10.1 Å². The molecule has 8 heteroatoms. The van der Waals surface area contributed by atoms with Crippen LogP contribution in [0.3, 0.4) is 0 Å². The number of aromatic nitrogens is 3. The summed E-state index contributed by atoms with van der Waals surface area (Å²) in [7, 11) is 1.31. The summed E-state index contributed by atoms with van der Waals surface area (Å²) < 4.78 is 12.2. The van der Waals surface area contributed by atoms with Crippen LogP contribution in [0.4, 0.5) is 0 Å². The van der Waals surface area contributed by atoms with Crippen molar-refractivity contribution in [3.05, 3.63) is 66.5 Å². The molecule has 0 aliphatic heterocycles. The van der Waals surface area contributed by atoms with Crippen LogP contribution in [0.5, 0.6) is 5.75 Å². The van der Waals surface area contributed by atoms with Gasteiger partial charge in [0.15, 0.2) is 12.3 Å². The number of nitrogens with zero attached hydrogens (tertiary/aromatic N) is 3. The van der Waals surface area contributed by atoms with Crippen molar-refractivity contribution in [1.82, 2.24) is 20.3 Å². The van der Waals surface area contributed by atoms with Gasteiger partial charge in [-0.3, -0.25) is 4.79 Å². The molecule has 1 aliphatic rings. The maximum Gasteiger partial charge on any atom is 0.360 e. The maximum atomic E-state index is 12.7. The summed E-state index contributed by atoms with van der Waals surface area (Å²) in [4.78, 5) is 24.4. The molecular weight excluding hydrogens is 408 g/mol. The molecular formula is C24H26N4O4. The van der Waals surface area contributed by atoms with Crippen molar-refractivity contribution in [2.45, 2.75) is 37.8 Å². The van der Waals surface area contributed by atoms with Gasteiger partial charge in [-0.2, -0.15) is 0 Å². The maximum absolute atomic E-state index is 12.7. The highest BCUT2D eigenvalue weighted by Crippen LogP contribution is 2.30. The Morgan fingerprint density at radius 2 is 1.81 bits per heavy atom. The molecule has 3 aromatic rings. The molecule has 1 saturated carbocycles. The van der Waals surface area contributed by atoms with E-state index in [4.69, 9.17) is 9.47 Å². The van der Waals surface area contributed by atoms with Crippen molar-refractivity contribution in [3.63, 3.8) is 0 Å². The lowest BCUT2D eigenvalue weighted by molar-refractivity contribution is -0.124. The second-order valence-electron chi connectivity index (χ2n) is 7.75. The molecule has 1 heterocycles. The second-order valence-corrected chi connectivity index (χ2v) is 7.75. The molecule has 32 heavy (non-hydrogen) atoms. The topological polar surface area (TPSA) is 95.3 Å². The SMILES string of the molecule is COC(=O)c1cn([C@H]2CCCC[C@@H]2NC(=O)COc2ccccc2-c2ccccc2)nn1. The van der Waals surface area contributed by atoms with E-state index in [1.165, 1.54) is 7.11 Å². The van der Waals surface area contributed by atoms with Crippen molar-refractivity contribution in [2.75, 3.05) is 13.7 Å². The van der Waals surface area contributed by atoms with E-state index in [1.54, 1.807) is 10.9 Å². The molecule has 1 aliphatic carbocycles. The van der Waals surface area contributed by atoms with Crippen molar-refractivity contribution in [2.24, 2.45) is 0 Å². The monoisotopic (exact) mass is 434 g/mol. The van der Waals surface area contributed by atoms with Gasteiger partial charge in [-0.1, -0.05) is 66.6 Å². The van der Waals surface area contributed by atoms with Gasteiger partial charge in [0, 0.05) is 5.56 Å². The quantitative estimate of drug-likeness (QED) is 0.573. The number of carbonyl (C=O) groups is 2. The Bertz CT molecular complexity index is 1070. The van der Waals surface area contributed by atoms with E-state index < -0.39 is 5.97 Å². The Kier molecular flexibility index (Phi) is 6.79. The summed E-state index contributed by atoms with van der Waals surface area (Å²) in [6.07, 6.45) is 5.27. The van der Waals surface area contributed by atoms with Crippen LogP contribution in [0.25, 0.3) is 11.1 Å². The van der Waals surface area contributed by atoms with E-state index in [2.05, 4.69) is 15.6 Å². The van der Waals surface area contributed by atoms with Crippen LogP contribution in [0.2, 0.25) is 0 Å². The van der Waals surface area contributed by atoms with E-state index in [-0.39, 0.29) is 30.3 Å². The van der Waals surface area contributed by atoms with Crippen LogP contribution >= 0.6 is 0 Å². The van der Waals surface area contributed by atoms with Gasteiger partial charge in [-0.15, -0.1) is 5.10 Å². The Morgan fingerprint density at radius 1 is 1.06 bits per heavy atom. The summed E-state index contributed by atoms with van der Waals surface area (Å²) in [6, 6.07) is 17.4. The number of para-hydroxylation sites is 1. The van der Waals surface area contributed by atoms with Gasteiger partial charge in [0.25, 0.3) is 5.91 Å². The van der Waals surface area contributed by atoms with Crippen molar-refractivity contribution < 1.29 is 19.1 Å². The zero-order valence-corrected chi connectivity index (χ0v) is 17.9. The van der Waals surface area contributed by atoms with Crippen LogP contribution in [0.1, 0.15) is 42.2 Å². The Labute approximate surface area is 186 Å². The first-order valence-corrected chi connectivity index (χ1v) is 10.7. The number of benzene rings is 2. The van der Waals surface area contributed by atoms with Gasteiger partial charge in [0.1, 0.15) is 5.75 Å². The highest BCUT2D eigenvalue weighted by Gasteiger charge is 2.29. The van der Waals surface area contributed by atoms with Crippen LogP contribution in [0.15, 0.2) is 60.8 Å². The number of amides is 1. The fourth-order valence-corrected chi connectivity index (χ4v) is 4.07. The molecule has 1 N–H and O–H groups in total.